The molecule has 0 bridgehead atoms. The van der Waals surface area contributed by atoms with Crippen molar-refractivity contribution in [2.24, 2.45) is 11.1 Å². The van der Waals surface area contributed by atoms with Gasteiger partial charge in [0.05, 0.1) is 0 Å². The maximum Gasteiger partial charge on any atom is 0.435 e. The van der Waals surface area contributed by atoms with Crippen molar-refractivity contribution in [3.05, 3.63) is 18.0 Å². The van der Waals surface area contributed by atoms with Crippen molar-refractivity contribution < 1.29 is 18.0 Å². The van der Waals surface area contributed by atoms with Crippen LogP contribution in [0.25, 0.3) is 0 Å². The van der Waals surface area contributed by atoms with Gasteiger partial charge in [0.2, 0.25) is 5.91 Å². The van der Waals surface area contributed by atoms with Gasteiger partial charge >= 0.3 is 6.18 Å². The fourth-order valence-electron chi connectivity index (χ4n) is 2.43. The highest BCUT2D eigenvalue weighted by atomic mass is 19.4. The molecule has 5 nitrogen and oxygen atoms in total. The number of piperidine rings is 1. The van der Waals surface area contributed by atoms with Gasteiger partial charge in [-0.15, -0.1) is 0 Å². The van der Waals surface area contributed by atoms with E-state index in [4.69, 9.17) is 5.73 Å². The Kier molecular flexibility index (Phi) is 4.01. The first-order valence-electron chi connectivity index (χ1n) is 6.73. The third-order valence-corrected chi connectivity index (χ3v) is 3.89. The minimum atomic E-state index is -4.49. The molecule has 2 rings (SSSR count). The summed E-state index contributed by atoms with van der Waals surface area (Å²) in [7, 11) is 0. The second kappa shape index (κ2) is 5.32. The van der Waals surface area contributed by atoms with Crippen molar-refractivity contribution in [1.82, 2.24) is 14.7 Å². The van der Waals surface area contributed by atoms with Crippen LogP contribution in [0, 0.1) is 5.41 Å². The Bertz CT molecular complexity index is 524. The number of nitrogens with two attached hydrogens (primary N) is 1. The van der Waals surface area contributed by atoms with Gasteiger partial charge in [0, 0.05) is 25.3 Å². The molecular weight excluding hydrogens is 285 g/mol. The second-order valence-corrected chi connectivity index (χ2v) is 6.10. The van der Waals surface area contributed by atoms with E-state index in [2.05, 4.69) is 5.10 Å². The monoisotopic (exact) mass is 304 g/mol. The number of halogens is 3. The first-order chi connectivity index (χ1) is 9.59. The normalized spacial score (nSPS) is 22.4. The highest BCUT2D eigenvalue weighted by molar-refractivity contribution is 5.76. The molecule has 1 aromatic heterocycles. The van der Waals surface area contributed by atoms with E-state index < -0.39 is 11.9 Å². The number of rotatable bonds is 2. The first kappa shape index (κ1) is 15.8. The van der Waals surface area contributed by atoms with Crippen LogP contribution in [-0.2, 0) is 17.5 Å². The van der Waals surface area contributed by atoms with Crippen LogP contribution < -0.4 is 5.73 Å². The minimum absolute atomic E-state index is 0.0167. The molecule has 1 aromatic rings. The number of hydrogen-bond acceptors (Lipinski definition) is 3. The van der Waals surface area contributed by atoms with E-state index in [1.165, 1.54) is 6.20 Å². The summed E-state index contributed by atoms with van der Waals surface area (Å²) in [6, 6.07) is 0.881. The summed E-state index contributed by atoms with van der Waals surface area (Å²) in [5.74, 6) is -0.244. The van der Waals surface area contributed by atoms with Crippen LogP contribution in [0.1, 0.15) is 26.0 Å². The topological polar surface area (TPSA) is 64.2 Å². The summed E-state index contributed by atoms with van der Waals surface area (Å²) in [5, 5.41) is 3.39. The number of hydrogen-bond donors (Lipinski definition) is 1. The van der Waals surface area contributed by atoms with Crippen LogP contribution in [0.3, 0.4) is 0 Å². The Labute approximate surface area is 120 Å². The van der Waals surface area contributed by atoms with Gasteiger partial charge in [-0.3, -0.25) is 9.48 Å². The summed E-state index contributed by atoms with van der Waals surface area (Å²) in [4.78, 5) is 13.8. The molecule has 0 saturated carbocycles. The van der Waals surface area contributed by atoms with Crippen molar-refractivity contribution in [2.75, 3.05) is 13.1 Å². The zero-order chi connectivity index (χ0) is 15.8. The van der Waals surface area contributed by atoms with Crippen molar-refractivity contribution in [3.63, 3.8) is 0 Å². The SMILES string of the molecule is CC1(C)CN(C(=O)Cn2ccc(C(F)(F)F)n2)CCC1N. The van der Waals surface area contributed by atoms with Crippen LogP contribution in [0.2, 0.25) is 0 Å². The number of aromatic nitrogens is 2. The van der Waals surface area contributed by atoms with Crippen molar-refractivity contribution in [1.29, 1.82) is 0 Å². The first-order valence-corrected chi connectivity index (χ1v) is 6.73. The molecule has 0 spiro atoms. The average molecular weight is 304 g/mol. The molecule has 1 atom stereocenters. The Morgan fingerprint density at radius 2 is 2.19 bits per heavy atom. The van der Waals surface area contributed by atoms with Gasteiger partial charge in [-0.1, -0.05) is 13.8 Å². The molecule has 2 N–H and O–H groups in total. The average Bonchev–Trinajstić information content (AvgIpc) is 2.80. The lowest BCUT2D eigenvalue weighted by Crippen LogP contribution is -2.54. The summed E-state index contributed by atoms with van der Waals surface area (Å²) in [5.41, 5.74) is 4.81. The fraction of sp³-hybridized carbons (Fsp3) is 0.692. The molecule has 1 saturated heterocycles. The molecule has 1 amide bonds. The molecule has 1 aliphatic heterocycles. The third kappa shape index (κ3) is 3.55. The van der Waals surface area contributed by atoms with Crippen LogP contribution in [-0.4, -0.2) is 39.7 Å². The number of carbonyl (C=O) groups is 1. The molecule has 8 heteroatoms. The zero-order valence-electron chi connectivity index (χ0n) is 12.0. The highest BCUT2D eigenvalue weighted by Crippen LogP contribution is 2.28. The Hall–Kier alpha value is -1.57. The molecule has 1 aliphatic rings. The molecule has 0 radical (unpaired) electrons. The van der Waals surface area contributed by atoms with E-state index in [-0.39, 0.29) is 23.9 Å². The van der Waals surface area contributed by atoms with Crippen LogP contribution in [0.15, 0.2) is 12.3 Å². The second-order valence-electron chi connectivity index (χ2n) is 6.10. The van der Waals surface area contributed by atoms with Gasteiger partial charge in [-0.2, -0.15) is 18.3 Å². The van der Waals surface area contributed by atoms with E-state index >= 15 is 0 Å². The number of nitrogens with zero attached hydrogens (tertiary/aromatic N) is 3. The summed E-state index contributed by atoms with van der Waals surface area (Å²) >= 11 is 0. The summed E-state index contributed by atoms with van der Waals surface area (Å²) < 4.78 is 38.4. The molecule has 2 heterocycles. The van der Waals surface area contributed by atoms with Gasteiger partial charge in [0.15, 0.2) is 5.69 Å². The Morgan fingerprint density at radius 1 is 1.52 bits per heavy atom. The minimum Gasteiger partial charge on any atom is -0.340 e. The molecule has 1 unspecified atom stereocenters. The quantitative estimate of drug-likeness (QED) is 0.900. The maximum absolute atomic E-state index is 12.5. The largest absolute Gasteiger partial charge is 0.435 e. The van der Waals surface area contributed by atoms with Crippen LogP contribution in [0.4, 0.5) is 13.2 Å². The lowest BCUT2D eigenvalue weighted by atomic mass is 9.80. The summed E-state index contributed by atoms with van der Waals surface area (Å²) in [6.07, 6.45) is -2.64. The predicted molar refractivity (Wildman–Crippen MR) is 70.2 cm³/mol. The van der Waals surface area contributed by atoms with Crippen molar-refractivity contribution in [3.8, 4) is 0 Å². The number of alkyl halides is 3. The number of amides is 1. The smallest absolute Gasteiger partial charge is 0.340 e. The maximum atomic E-state index is 12.5. The van der Waals surface area contributed by atoms with E-state index in [0.717, 1.165) is 10.7 Å². The van der Waals surface area contributed by atoms with Gasteiger partial charge in [0.25, 0.3) is 0 Å². The highest BCUT2D eigenvalue weighted by Gasteiger charge is 2.36. The summed E-state index contributed by atoms with van der Waals surface area (Å²) in [6.45, 7) is 4.79. The molecule has 1 fully saturated rings. The fourth-order valence-corrected chi connectivity index (χ4v) is 2.43. The zero-order valence-corrected chi connectivity index (χ0v) is 12.0. The number of carbonyl (C=O) groups excluding carboxylic acids is 1. The van der Waals surface area contributed by atoms with Gasteiger partial charge in [-0.05, 0) is 17.9 Å². The Balaban J connectivity index is 2.00. The lowest BCUT2D eigenvalue weighted by molar-refractivity contribution is -0.142. The standard InChI is InChI=1S/C13H19F3N4O/c1-12(2)8-19(5-3-9(12)17)11(21)7-20-6-4-10(18-20)13(14,15)16/h4,6,9H,3,5,7-8,17H2,1-2H3. The predicted octanol–water partition coefficient (Wildman–Crippen LogP) is 1.49. The van der Waals surface area contributed by atoms with Gasteiger partial charge in [-0.25, -0.2) is 0 Å². The lowest BCUT2D eigenvalue weighted by Gasteiger charge is -2.42. The van der Waals surface area contributed by atoms with Gasteiger partial charge in [0.1, 0.15) is 6.54 Å². The van der Waals surface area contributed by atoms with Gasteiger partial charge < -0.3 is 10.6 Å². The molecule has 0 aromatic carbocycles. The van der Waals surface area contributed by atoms with E-state index in [9.17, 15) is 18.0 Å². The van der Waals surface area contributed by atoms with Crippen LogP contribution in [0.5, 0.6) is 0 Å². The third-order valence-electron chi connectivity index (χ3n) is 3.89. The van der Waals surface area contributed by atoms with Crippen molar-refractivity contribution >= 4 is 5.91 Å². The molecule has 21 heavy (non-hydrogen) atoms. The van der Waals surface area contributed by atoms with Crippen LogP contribution >= 0.6 is 0 Å². The molecule has 0 aliphatic carbocycles. The van der Waals surface area contributed by atoms with Crippen molar-refractivity contribution in [2.45, 2.75) is 39.0 Å². The number of likely N-dealkylation sites (tertiary alicyclic amines) is 1. The van der Waals surface area contributed by atoms with E-state index in [1.54, 1.807) is 4.90 Å². The molecular formula is C13H19F3N4O. The van der Waals surface area contributed by atoms with E-state index in [1.807, 2.05) is 13.8 Å². The molecule has 118 valence electrons. The Morgan fingerprint density at radius 3 is 2.71 bits per heavy atom. The van der Waals surface area contributed by atoms with E-state index in [0.29, 0.717) is 19.5 Å².